The summed E-state index contributed by atoms with van der Waals surface area (Å²) < 4.78 is 0. The molecule has 0 saturated heterocycles. The van der Waals surface area contributed by atoms with Gasteiger partial charge in [-0.3, -0.25) is 4.79 Å². The molecule has 1 aliphatic rings. The molecule has 2 heteroatoms. The summed E-state index contributed by atoms with van der Waals surface area (Å²) in [5.41, 5.74) is 0. The Balaban J connectivity index is 2.56. The van der Waals surface area contributed by atoms with Gasteiger partial charge in [0.2, 0.25) is 5.91 Å². The Bertz CT molecular complexity index is 191. The van der Waals surface area contributed by atoms with Crippen molar-refractivity contribution in [3.8, 4) is 0 Å². The van der Waals surface area contributed by atoms with Crippen LogP contribution in [0.2, 0.25) is 0 Å². The van der Waals surface area contributed by atoms with E-state index in [0.717, 1.165) is 19.4 Å². The number of nitrogens with one attached hydrogen (secondary N) is 1. The van der Waals surface area contributed by atoms with Crippen LogP contribution >= 0.6 is 0 Å². The molecule has 1 amide bonds. The summed E-state index contributed by atoms with van der Waals surface area (Å²) in [5, 5.41) is 2.99. The van der Waals surface area contributed by atoms with E-state index in [4.69, 9.17) is 0 Å². The first-order chi connectivity index (χ1) is 7.29. The van der Waals surface area contributed by atoms with Gasteiger partial charge in [0, 0.05) is 12.5 Å². The van der Waals surface area contributed by atoms with Gasteiger partial charge in [0.05, 0.1) is 0 Å². The van der Waals surface area contributed by atoms with Crippen LogP contribution < -0.4 is 5.32 Å². The molecule has 1 aliphatic carbocycles. The average molecular weight is 211 g/mol. The van der Waals surface area contributed by atoms with Crippen molar-refractivity contribution in [3.05, 3.63) is 0 Å². The van der Waals surface area contributed by atoms with Crippen molar-refractivity contribution in [3.63, 3.8) is 0 Å². The minimum Gasteiger partial charge on any atom is -0.356 e. The molecule has 0 radical (unpaired) electrons. The first-order valence-electron chi connectivity index (χ1n) is 6.57. The summed E-state index contributed by atoms with van der Waals surface area (Å²) in [5.74, 6) is 1.21. The quantitative estimate of drug-likeness (QED) is 0.763. The van der Waals surface area contributed by atoms with Crippen LogP contribution in [0.5, 0.6) is 0 Å². The molecule has 0 aromatic carbocycles. The molecule has 0 spiro atoms. The van der Waals surface area contributed by atoms with E-state index in [9.17, 15) is 4.79 Å². The van der Waals surface area contributed by atoms with Gasteiger partial charge in [0.25, 0.3) is 0 Å². The summed E-state index contributed by atoms with van der Waals surface area (Å²) in [7, 11) is 0. The second-order valence-corrected chi connectivity index (χ2v) is 4.66. The third kappa shape index (κ3) is 3.84. The fourth-order valence-electron chi connectivity index (χ4n) is 2.70. The van der Waals surface area contributed by atoms with E-state index in [1.54, 1.807) is 0 Å². The first kappa shape index (κ1) is 12.5. The Hall–Kier alpha value is -0.530. The molecule has 0 aromatic heterocycles. The van der Waals surface area contributed by atoms with E-state index in [2.05, 4.69) is 12.2 Å². The summed E-state index contributed by atoms with van der Waals surface area (Å²) in [4.78, 5) is 11.9. The van der Waals surface area contributed by atoms with Gasteiger partial charge in [-0.1, -0.05) is 39.0 Å². The van der Waals surface area contributed by atoms with E-state index in [0.29, 0.717) is 11.8 Å². The Kier molecular flexibility index (Phi) is 5.74. The summed E-state index contributed by atoms with van der Waals surface area (Å²) in [6, 6.07) is 0. The third-order valence-corrected chi connectivity index (χ3v) is 3.62. The lowest BCUT2D eigenvalue weighted by molar-refractivity contribution is -0.127. The summed E-state index contributed by atoms with van der Waals surface area (Å²) in [6.07, 6.45) is 8.72. The minimum absolute atomic E-state index is 0.287. The predicted molar refractivity (Wildman–Crippen MR) is 63.7 cm³/mol. The highest BCUT2D eigenvalue weighted by Gasteiger charge is 2.26. The molecule has 1 fully saturated rings. The topological polar surface area (TPSA) is 29.1 Å². The molecule has 0 aromatic rings. The number of hydrogen-bond acceptors (Lipinski definition) is 1. The number of rotatable bonds is 3. The largest absolute Gasteiger partial charge is 0.356 e. The van der Waals surface area contributed by atoms with Gasteiger partial charge in [-0.25, -0.2) is 0 Å². The second-order valence-electron chi connectivity index (χ2n) is 4.66. The average Bonchev–Trinajstić information content (AvgIpc) is 2.18. The Labute approximate surface area is 93.8 Å². The van der Waals surface area contributed by atoms with Crippen molar-refractivity contribution in [2.24, 2.45) is 11.8 Å². The van der Waals surface area contributed by atoms with Crippen molar-refractivity contribution in [1.29, 1.82) is 0 Å². The third-order valence-electron chi connectivity index (χ3n) is 3.62. The van der Waals surface area contributed by atoms with Crippen LogP contribution in [0, 0.1) is 11.8 Å². The van der Waals surface area contributed by atoms with E-state index in [1.165, 1.54) is 32.1 Å². The molecule has 1 N–H and O–H groups in total. The van der Waals surface area contributed by atoms with Crippen LogP contribution in [-0.2, 0) is 4.79 Å². The molecule has 2 unspecified atom stereocenters. The van der Waals surface area contributed by atoms with Crippen LogP contribution in [0.1, 0.15) is 58.8 Å². The van der Waals surface area contributed by atoms with Gasteiger partial charge < -0.3 is 5.32 Å². The van der Waals surface area contributed by atoms with Gasteiger partial charge in [-0.2, -0.15) is 0 Å². The zero-order valence-corrected chi connectivity index (χ0v) is 10.2. The fourth-order valence-corrected chi connectivity index (χ4v) is 2.70. The maximum atomic E-state index is 11.9. The van der Waals surface area contributed by atoms with E-state index < -0.39 is 0 Å². The monoisotopic (exact) mass is 211 g/mol. The van der Waals surface area contributed by atoms with Crippen LogP contribution in [0.3, 0.4) is 0 Å². The van der Waals surface area contributed by atoms with Crippen LogP contribution in [0.4, 0.5) is 0 Å². The number of carbonyl (C=O) groups excluding carboxylic acids is 1. The van der Waals surface area contributed by atoms with Crippen LogP contribution in [0.15, 0.2) is 0 Å². The Morgan fingerprint density at radius 2 is 1.80 bits per heavy atom. The fraction of sp³-hybridized carbons (Fsp3) is 0.923. The Morgan fingerprint density at radius 3 is 2.40 bits per heavy atom. The van der Waals surface area contributed by atoms with E-state index in [1.807, 2.05) is 6.92 Å². The zero-order valence-electron chi connectivity index (χ0n) is 10.2. The normalized spacial score (nSPS) is 27.9. The van der Waals surface area contributed by atoms with Gasteiger partial charge in [0.15, 0.2) is 0 Å². The lowest BCUT2D eigenvalue weighted by Gasteiger charge is -2.27. The van der Waals surface area contributed by atoms with Crippen molar-refractivity contribution in [1.82, 2.24) is 5.32 Å². The van der Waals surface area contributed by atoms with E-state index >= 15 is 0 Å². The van der Waals surface area contributed by atoms with E-state index in [-0.39, 0.29) is 5.92 Å². The highest BCUT2D eigenvalue weighted by Crippen LogP contribution is 2.30. The smallest absolute Gasteiger partial charge is 0.223 e. The zero-order chi connectivity index (χ0) is 11.1. The molecular formula is C13H25NO. The first-order valence-corrected chi connectivity index (χ1v) is 6.57. The van der Waals surface area contributed by atoms with Crippen molar-refractivity contribution < 1.29 is 4.79 Å². The maximum Gasteiger partial charge on any atom is 0.223 e. The highest BCUT2D eigenvalue weighted by molar-refractivity contribution is 5.78. The molecule has 0 bridgehead atoms. The van der Waals surface area contributed by atoms with Gasteiger partial charge >= 0.3 is 0 Å². The van der Waals surface area contributed by atoms with Crippen LogP contribution in [0.25, 0.3) is 0 Å². The summed E-state index contributed by atoms with van der Waals surface area (Å²) in [6.45, 7) is 4.99. The van der Waals surface area contributed by atoms with Crippen molar-refractivity contribution in [2.45, 2.75) is 58.8 Å². The van der Waals surface area contributed by atoms with Gasteiger partial charge in [0.1, 0.15) is 0 Å². The molecular weight excluding hydrogens is 186 g/mol. The predicted octanol–water partition coefficient (Wildman–Crippen LogP) is 3.12. The molecule has 2 atom stereocenters. The van der Waals surface area contributed by atoms with Crippen molar-refractivity contribution in [2.75, 3.05) is 6.54 Å². The van der Waals surface area contributed by atoms with Crippen LogP contribution in [-0.4, -0.2) is 12.5 Å². The van der Waals surface area contributed by atoms with Gasteiger partial charge in [-0.15, -0.1) is 0 Å². The van der Waals surface area contributed by atoms with Gasteiger partial charge in [-0.05, 0) is 25.7 Å². The second kappa shape index (κ2) is 6.86. The number of amides is 1. The molecule has 2 nitrogen and oxygen atoms in total. The molecule has 1 saturated carbocycles. The standard InChI is InChI=1S/C13H25NO/c1-3-11-9-7-5-6-8-10-12(11)13(15)14-4-2/h11-12H,3-10H2,1-2H3,(H,14,15). The molecule has 1 rings (SSSR count). The lowest BCUT2D eigenvalue weighted by Crippen LogP contribution is -2.35. The molecule has 88 valence electrons. The Morgan fingerprint density at radius 1 is 1.13 bits per heavy atom. The maximum absolute atomic E-state index is 11.9. The SMILES string of the molecule is CCNC(=O)C1CCCCCCC1CC. The lowest BCUT2D eigenvalue weighted by atomic mass is 9.79. The summed E-state index contributed by atoms with van der Waals surface area (Å²) >= 11 is 0. The molecule has 0 heterocycles. The number of carbonyl (C=O) groups is 1. The number of hydrogen-bond donors (Lipinski definition) is 1. The minimum atomic E-state index is 0.287. The van der Waals surface area contributed by atoms with Crippen molar-refractivity contribution >= 4 is 5.91 Å². The molecule has 15 heavy (non-hydrogen) atoms. The molecule has 0 aliphatic heterocycles. The highest BCUT2D eigenvalue weighted by atomic mass is 16.1.